The first-order valence-corrected chi connectivity index (χ1v) is 9.57. The highest BCUT2D eigenvalue weighted by Gasteiger charge is 2.17. The van der Waals surface area contributed by atoms with Gasteiger partial charge in [0, 0.05) is 10.9 Å². The fourth-order valence-electron chi connectivity index (χ4n) is 2.99. The molecule has 0 aliphatic rings. The lowest BCUT2D eigenvalue weighted by Gasteiger charge is -2.08. The molecule has 6 heteroatoms. The van der Waals surface area contributed by atoms with Gasteiger partial charge in [0.05, 0.1) is 22.7 Å². The largest absolute Gasteiger partial charge is 0.497 e. The van der Waals surface area contributed by atoms with Crippen molar-refractivity contribution in [3.05, 3.63) is 93.7 Å². The zero-order valence-electron chi connectivity index (χ0n) is 15.4. The van der Waals surface area contributed by atoms with Gasteiger partial charge in [-0.2, -0.15) is 0 Å². The number of carbonyl (C=O) groups is 1. The fourth-order valence-corrected chi connectivity index (χ4v) is 3.31. The van der Waals surface area contributed by atoms with Crippen molar-refractivity contribution in [3.8, 4) is 11.5 Å². The summed E-state index contributed by atoms with van der Waals surface area (Å²) >= 11 is 12.0. The molecule has 0 saturated carbocycles. The van der Waals surface area contributed by atoms with Crippen molar-refractivity contribution < 1.29 is 18.7 Å². The SMILES string of the molecule is COc1cccc(C(=O)c2coc3ccc(OCc4ccc(Cl)c(Cl)c4)cc23)c1. The molecule has 0 N–H and O–H groups in total. The number of furan rings is 1. The van der Waals surface area contributed by atoms with Gasteiger partial charge in [0.15, 0.2) is 5.78 Å². The smallest absolute Gasteiger partial charge is 0.197 e. The minimum Gasteiger partial charge on any atom is -0.497 e. The standard InChI is InChI=1S/C23H16Cl2O4/c1-27-16-4-2-3-15(10-16)23(26)19-13-29-22-8-6-17(11-18(19)22)28-12-14-5-7-20(24)21(25)9-14/h2-11,13H,12H2,1H3. The van der Waals surface area contributed by atoms with Crippen LogP contribution < -0.4 is 9.47 Å². The highest BCUT2D eigenvalue weighted by atomic mass is 35.5. The van der Waals surface area contributed by atoms with Crippen LogP contribution in [0.25, 0.3) is 11.0 Å². The molecule has 29 heavy (non-hydrogen) atoms. The average molecular weight is 427 g/mol. The lowest BCUT2D eigenvalue weighted by molar-refractivity contribution is 0.103. The van der Waals surface area contributed by atoms with Crippen LogP contribution in [0.15, 0.2) is 71.3 Å². The Morgan fingerprint density at radius 1 is 0.966 bits per heavy atom. The molecular weight excluding hydrogens is 411 g/mol. The lowest BCUT2D eigenvalue weighted by atomic mass is 10.0. The second-order valence-electron chi connectivity index (χ2n) is 6.41. The number of methoxy groups -OCH3 is 1. The normalized spacial score (nSPS) is 10.9. The quantitative estimate of drug-likeness (QED) is 0.327. The van der Waals surface area contributed by atoms with E-state index in [9.17, 15) is 4.79 Å². The van der Waals surface area contributed by atoms with Crippen molar-refractivity contribution in [2.75, 3.05) is 7.11 Å². The van der Waals surface area contributed by atoms with Crippen molar-refractivity contribution in [3.63, 3.8) is 0 Å². The molecule has 4 nitrogen and oxygen atoms in total. The molecule has 3 aromatic carbocycles. The molecule has 0 unspecified atom stereocenters. The minimum atomic E-state index is -0.149. The maximum atomic E-state index is 13.0. The molecule has 0 aliphatic heterocycles. The Morgan fingerprint density at radius 2 is 1.83 bits per heavy atom. The van der Waals surface area contributed by atoms with Crippen LogP contribution in [-0.2, 0) is 6.61 Å². The van der Waals surface area contributed by atoms with E-state index >= 15 is 0 Å². The van der Waals surface area contributed by atoms with Crippen molar-refractivity contribution in [1.29, 1.82) is 0 Å². The number of hydrogen-bond donors (Lipinski definition) is 0. The monoisotopic (exact) mass is 426 g/mol. The maximum Gasteiger partial charge on any atom is 0.197 e. The zero-order chi connectivity index (χ0) is 20.4. The van der Waals surface area contributed by atoms with Crippen LogP contribution >= 0.6 is 23.2 Å². The predicted octanol–water partition coefficient (Wildman–Crippen LogP) is 6.56. The molecule has 0 amide bonds. The minimum absolute atomic E-state index is 0.149. The van der Waals surface area contributed by atoms with Crippen LogP contribution in [0, 0.1) is 0 Å². The predicted molar refractivity (Wildman–Crippen MR) is 113 cm³/mol. The van der Waals surface area contributed by atoms with Crippen molar-refractivity contribution in [1.82, 2.24) is 0 Å². The van der Waals surface area contributed by atoms with E-state index in [1.165, 1.54) is 6.26 Å². The van der Waals surface area contributed by atoms with E-state index in [0.717, 1.165) is 5.56 Å². The number of carbonyl (C=O) groups excluding carboxylic acids is 1. The highest BCUT2D eigenvalue weighted by molar-refractivity contribution is 6.42. The van der Waals surface area contributed by atoms with E-state index in [-0.39, 0.29) is 5.78 Å². The second kappa shape index (κ2) is 8.19. The highest BCUT2D eigenvalue weighted by Crippen LogP contribution is 2.29. The van der Waals surface area contributed by atoms with E-state index in [1.54, 1.807) is 61.7 Å². The molecule has 0 spiro atoms. The molecule has 4 aromatic rings. The first-order valence-electron chi connectivity index (χ1n) is 8.82. The van der Waals surface area contributed by atoms with Gasteiger partial charge in [0.1, 0.15) is 30.0 Å². The molecule has 1 heterocycles. The number of benzene rings is 3. The summed E-state index contributed by atoms with van der Waals surface area (Å²) in [6.45, 7) is 0.319. The Kier molecular flexibility index (Phi) is 5.47. The van der Waals surface area contributed by atoms with Gasteiger partial charge in [0.2, 0.25) is 0 Å². The Hall–Kier alpha value is -2.95. The van der Waals surface area contributed by atoms with Crippen molar-refractivity contribution >= 4 is 40.0 Å². The van der Waals surface area contributed by atoms with Gasteiger partial charge in [-0.15, -0.1) is 0 Å². The number of halogens is 2. The van der Waals surface area contributed by atoms with E-state index < -0.39 is 0 Å². The fraction of sp³-hybridized carbons (Fsp3) is 0.0870. The molecule has 146 valence electrons. The van der Waals surface area contributed by atoms with Gasteiger partial charge in [-0.05, 0) is 48.0 Å². The molecule has 0 aliphatic carbocycles. The van der Waals surface area contributed by atoms with Gasteiger partial charge in [-0.1, -0.05) is 41.4 Å². The number of fused-ring (bicyclic) bond motifs is 1. The average Bonchev–Trinajstić information content (AvgIpc) is 3.17. The van der Waals surface area contributed by atoms with E-state index in [4.69, 9.17) is 37.1 Å². The molecule has 0 saturated heterocycles. The number of hydrogen-bond acceptors (Lipinski definition) is 4. The van der Waals surface area contributed by atoms with Crippen LogP contribution in [0.3, 0.4) is 0 Å². The van der Waals surface area contributed by atoms with Crippen LogP contribution in [0.5, 0.6) is 11.5 Å². The zero-order valence-corrected chi connectivity index (χ0v) is 17.0. The van der Waals surface area contributed by atoms with Crippen LogP contribution in [0.1, 0.15) is 21.5 Å². The first kappa shape index (κ1) is 19.4. The Labute approximate surface area is 177 Å². The van der Waals surface area contributed by atoms with Crippen molar-refractivity contribution in [2.45, 2.75) is 6.61 Å². The summed E-state index contributed by atoms with van der Waals surface area (Å²) in [7, 11) is 1.56. The second-order valence-corrected chi connectivity index (χ2v) is 7.22. The lowest BCUT2D eigenvalue weighted by Crippen LogP contribution is -2.01. The third-order valence-electron chi connectivity index (χ3n) is 4.51. The summed E-state index contributed by atoms with van der Waals surface area (Å²) in [4.78, 5) is 13.0. The Balaban J connectivity index is 1.60. The third kappa shape index (κ3) is 4.09. The molecule has 0 radical (unpaired) electrons. The van der Waals surface area contributed by atoms with Crippen molar-refractivity contribution in [2.24, 2.45) is 0 Å². The van der Waals surface area contributed by atoms with Crippen LogP contribution in [0.2, 0.25) is 10.0 Å². The number of ether oxygens (including phenoxy) is 2. The maximum absolute atomic E-state index is 13.0. The Bertz CT molecular complexity index is 1200. The molecule has 0 bridgehead atoms. The summed E-state index contributed by atoms with van der Waals surface area (Å²) < 4.78 is 16.6. The van der Waals surface area contributed by atoms with Gasteiger partial charge in [-0.25, -0.2) is 0 Å². The van der Waals surface area contributed by atoms with E-state index in [1.807, 2.05) is 6.07 Å². The molecule has 0 atom stereocenters. The topological polar surface area (TPSA) is 48.7 Å². The third-order valence-corrected chi connectivity index (χ3v) is 5.25. The summed E-state index contributed by atoms with van der Waals surface area (Å²) in [6, 6.07) is 17.7. The summed E-state index contributed by atoms with van der Waals surface area (Å²) in [5.74, 6) is 1.09. The first-order chi connectivity index (χ1) is 14.0. The number of ketones is 1. The van der Waals surface area contributed by atoms with Crippen LogP contribution in [-0.4, -0.2) is 12.9 Å². The molecule has 1 aromatic heterocycles. The Morgan fingerprint density at radius 3 is 2.62 bits per heavy atom. The molecule has 4 rings (SSSR count). The van der Waals surface area contributed by atoms with Crippen LogP contribution in [0.4, 0.5) is 0 Å². The van der Waals surface area contributed by atoms with Gasteiger partial charge >= 0.3 is 0 Å². The summed E-state index contributed by atoms with van der Waals surface area (Å²) in [6.07, 6.45) is 1.47. The summed E-state index contributed by atoms with van der Waals surface area (Å²) in [5, 5.41) is 1.66. The van der Waals surface area contributed by atoms with Gasteiger partial charge in [0.25, 0.3) is 0 Å². The molecule has 0 fully saturated rings. The summed E-state index contributed by atoms with van der Waals surface area (Å²) in [5.41, 5.74) is 2.49. The van der Waals surface area contributed by atoms with Gasteiger partial charge in [-0.3, -0.25) is 4.79 Å². The van der Waals surface area contributed by atoms with E-state index in [2.05, 4.69) is 0 Å². The molecular formula is C23H16Cl2O4. The van der Waals surface area contributed by atoms with E-state index in [0.29, 0.717) is 50.2 Å². The number of rotatable bonds is 6. The van der Waals surface area contributed by atoms with Gasteiger partial charge < -0.3 is 13.9 Å².